The van der Waals surface area contributed by atoms with Gasteiger partial charge in [-0.2, -0.15) is 0 Å². The Morgan fingerprint density at radius 1 is 1.36 bits per heavy atom. The van der Waals surface area contributed by atoms with Gasteiger partial charge >= 0.3 is 0 Å². The molecule has 2 unspecified atom stereocenters. The minimum Gasteiger partial charge on any atom is -0.356 e. The van der Waals surface area contributed by atoms with Crippen LogP contribution in [-0.2, 0) is 9.84 Å². The highest BCUT2D eigenvalue weighted by atomic mass is 127. The van der Waals surface area contributed by atoms with Crippen LogP contribution in [0.1, 0.15) is 46.0 Å². The Bertz CT molecular complexity index is 485. The zero-order valence-corrected chi connectivity index (χ0v) is 19.4. The van der Waals surface area contributed by atoms with Crippen molar-refractivity contribution in [3.8, 4) is 0 Å². The molecule has 1 aliphatic rings. The lowest BCUT2D eigenvalue weighted by Crippen LogP contribution is -2.43. The molecule has 0 bridgehead atoms. The van der Waals surface area contributed by atoms with Crippen LogP contribution >= 0.6 is 24.0 Å². The molecule has 0 amide bonds. The first-order valence-corrected chi connectivity index (χ1v) is 11.2. The third-order valence-corrected chi connectivity index (χ3v) is 5.44. The summed E-state index contributed by atoms with van der Waals surface area (Å²) in [5.41, 5.74) is 0. The highest BCUT2D eigenvalue weighted by molar-refractivity contribution is 14.0. The smallest absolute Gasteiger partial charge is 0.191 e. The van der Waals surface area contributed by atoms with Gasteiger partial charge in [0, 0.05) is 32.4 Å². The summed E-state index contributed by atoms with van der Waals surface area (Å²) in [6.07, 6.45) is 6.88. The van der Waals surface area contributed by atoms with Crippen molar-refractivity contribution in [3.05, 3.63) is 0 Å². The summed E-state index contributed by atoms with van der Waals surface area (Å²) in [6, 6.07) is 0.0840. The quantitative estimate of drug-likeness (QED) is 0.225. The topological polar surface area (TPSA) is 73.8 Å². The van der Waals surface area contributed by atoms with Gasteiger partial charge in [-0.15, -0.1) is 24.0 Å². The predicted molar refractivity (Wildman–Crippen MR) is 118 cm³/mol. The number of nitrogens with one attached hydrogen (secondary N) is 2. The molecule has 150 valence electrons. The second kappa shape index (κ2) is 13.1. The van der Waals surface area contributed by atoms with Crippen LogP contribution < -0.4 is 10.6 Å². The fourth-order valence-electron chi connectivity index (χ4n) is 3.05. The van der Waals surface area contributed by atoms with Gasteiger partial charge in [-0.05, 0) is 58.0 Å². The molecular formula is C17H37IN4O2S. The van der Waals surface area contributed by atoms with Crippen LogP contribution in [0.15, 0.2) is 4.99 Å². The Morgan fingerprint density at radius 2 is 2.08 bits per heavy atom. The van der Waals surface area contributed by atoms with Gasteiger partial charge in [0.25, 0.3) is 0 Å². The predicted octanol–water partition coefficient (Wildman–Crippen LogP) is 2.10. The zero-order chi connectivity index (χ0) is 18.0. The molecule has 0 aromatic carbocycles. The number of hydrogen-bond donors (Lipinski definition) is 2. The van der Waals surface area contributed by atoms with Crippen molar-refractivity contribution >= 4 is 39.8 Å². The van der Waals surface area contributed by atoms with E-state index in [1.165, 1.54) is 45.2 Å². The van der Waals surface area contributed by atoms with Crippen LogP contribution in [0.25, 0.3) is 0 Å². The van der Waals surface area contributed by atoms with E-state index in [1.54, 1.807) is 7.05 Å². The molecule has 6 nitrogen and oxygen atoms in total. The monoisotopic (exact) mass is 488 g/mol. The van der Waals surface area contributed by atoms with Crippen molar-refractivity contribution in [1.82, 2.24) is 15.5 Å². The molecule has 1 aliphatic heterocycles. The van der Waals surface area contributed by atoms with Crippen LogP contribution in [0.3, 0.4) is 0 Å². The van der Waals surface area contributed by atoms with Crippen molar-refractivity contribution in [2.24, 2.45) is 10.9 Å². The lowest BCUT2D eigenvalue weighted by Gasteiger charge is -2.30. The van der Waals surface area contributed by atoms with E-state index in [4.69, 9.17) is 0 Å². The third kappa shape index (κ3) is 12.8. The SMILES string of the molecule is CN=C(NCCCCN1CCCC(C)C1)NC(C)CCS(C)(=O)=O.I. The van der Waals surface area contributed by atoms with Crippen molar-refractivity contribution in [2.45, 2.75) is 52.0 Å². The molecule has 2 N–H and O–H groups in total. The second-order valence-corrected chi connectivity index (χ2v) is 9.48. The van der Waals surface area contributed by atoms with Crippen molar-refractivity contribution in [3.63, 3.8) is 0 Å². The molecule has 1 saturated heterocycles. The lowest BCUT2D eigenvalue weighted by atomic mass is 10.0. The van der Waals surface area contributed by atoms with Crippen molar-refractivity contribution < 1.29 is 8.42 Å². The number of unbranched alkanes of at least 4 members (excludes halogenated alkanes) is 1. The maximum atomic E-state index is 11.2. The van der Waals surface area contributed by atoms with E-state index in [9.17, 15) is 8.42 Å². The Kier molecular flexibility index (Phi) is 13.1. The van der Waals surface area contributed by atoms with E-state index >= 15 is 0 Å². The van der Waals surface area contributed by atoms with Crippen LogP contribution in [0.5, 0.6) is 0 Å². The Balaban J connectivity index is 0.00000576. The summed E-state index contributed by atoms with van der Waals surface area (Å²) in [6.45, 7) is 8.89. The highest BCUT2D eigenvalue weighted by Crippen LogP contribution is 2.15. The number of sulfone groups is 1. The average molecular weight is 488 g/mol. The molecule has 1 fully saturated rings. The van der Waals surface area contributed by atoms with Gasteiger partial charge in [-0.25, -0.2) is 8.42 Å². The maximum absolute atomic E-state index is 11.2. The third-order valence-electron chi connectivity index (χ3n) is 4.46. The number of hydrogen-bond acceptors (Lipinski definition) is 4. The first-order chi connectivity index (χ1) is 11.3. The number of halogens is 1. The highest BCUT2D eigenvalue weighted by Gasteiger charge is 2.15. The molecule has 1 heterocycles. The molecule has 0 radical (unpaired) electrons. The molecule has 8 heteroatoms. The summed E-state index contributed by atoms with van der Waals surface area (Å²) in [7, 11) is -1.16. The number of rotatable bonds is 9. The second-order valence-electron chi connectivity index (χ2n) is 7.22. The number of piperidine rings is 1. The molecule has 0 spiro atoms. The summed E-state index contributed by atoms with van der Waals surface area (Å²) in [4.78, 5) is 6.78. The number of likely N-dealkylation sites (tertiary alicyclic amines) is 1. The zero-order valence-electron chi connectivity index (χ0n) is 16.3. The molecule has 25 heavy (non-hydrogen) atoms. The Hall–Kier alpha value is -0.0900. The first-order valence-electron chi connectivity index (χ1n) is 9.17. The van der Waals surface area contributed by atoms with E-state index in [-0.39, 0.29) is 35.8 Å². The van der Waals surface area contributed by atoms with E-state index < -0.39 is 9.84 Å². The van der Waals surface area contributed by atoms with E-state index in [1.807, 2.05) is 6.92 Å². The Labute approximate surface area is 171 Å². The summed E-state index contributed by atoms with van der Waals surface area (Å²) in [5.74, 6) is 1.79. The summed E-state index contributed by atoms with van der Waals surface area (Å²) >= 11 is 0. The molecule has 0 aliphatic carbocycles. The van der Waals surface area contributed by atoms with Gasteiger partial charge < -0.3 is 15.5 Å². The minimum atomic E-state index is -2.91. The van der Waals surface area contributed by atoms with E-state index in [0.717, 1.165) is 24.8 Å². The molecular weight excluding hydrogens is 451 g/mol. The fraction of sp³-hybridized carbons (Fsp3) is 0.941. The van der Waals surface area contributed by atoms with Crippen LogP contribution in [0, 0.1) is 5.92 Å². The number of aliphatic imine (C=N–C) groups is 1. The molecule has 1 rings (SSSR count). The minimum absolute atomic E-state index is 0. The van der Waals surface area contributed by atoms with Gasteiger partial charge in [0.05, 0.1) is 5.75 Å². The first kappa shape index (κ1) is 24.9. The van der Waals surface area contributed by atoms with Gasteiger partial charge in [-0.1, -0.05) is 6.92 Å². The summed E-state index contributed by atoms with van der Waals surface area (Å²) < 4.78 is 22.4. The number of nitrogens with zero attached hydrogens (tertiary/aromatic N) is 2. The van der Waals surface area contributed by atoms with Crippen LogP contribution in [0.2, 0.25) is 0 Å². The normalized spacial score (nSPS) is 20.6. The number of guanidine groups is 1. The lowest BCUT2D eigenvalue weighted by molar-refractivity contribution is 0.181. The van der Waals surface area contributed by atoms with E-state index in [2.05, 4.69) is 27.4 Å². The van der Waals surface area contributed by atoms with Gasteiger partial charge in [0.15, 0.2) is 5.96 Å². The van der Waals surface area contributed by atoms with Crippen molar-refractivity contribution in [1.29, 1.82) is 0 Å². The molecule has 2 atom stereocenters. The fourth-order valence-corrected chi connectivity index (χ4v) is 3.83. The molecule has 0 aromatic heterocycles. The Morgan fingerprint density at radius 3 is 2.68 bits per heavy atom. The molecule has 0 aromatic rings. The summed E-state index contributed by atoms with van der Waals surface area (Å²) in [5, 5.41) is 6.56. The molecule has 0 saturated carbocycles. The van der Waals surface area contributed by atoms with Gasteiger partial charge in [0.1, 0.15) is 9.84 Å². The van der Waals surface area contributed by atoms with Gasteiger partial charge in [-0.3, -0.25) is 4.99 Å². The largest absolute Gasteiger partial charge is 0.356 e. The van der Waals surface area contributed by atoms with E-state index in [0.29, 0.717) is 6.42 Å². The average Bonchev–Trinajstić information content (AvgIpc) is 2.51. The maximum Gasteiger partial charge on any atom is 0.191 e. The van der Waals surface area contributed by atoms with Crippen molar-refractivity contribution in [2.75, 3.05) is 45.2 Å². The standard InChI is InChI=1S/C17H36N4O2S.HI/c1-15-8-7-12-21(14-15)11-6-5-10-19-17(18-3)20-16(2)9-13-24(4,22)23;/h15-16H,5-14H2,1-4H3,(H2,18,19,20);1H. The van der Waals surface area contributed by atoms with Gasteiger partial charge in [0.2, 0.25) is 0 Å². The van der Waals surface area contributed by atoms with Crippen LogP contribution in [-0.4, -0.2) is 70.6 Å². The van der Waals surface area contributed by atoms with Crippen LogP contribution in [0.4, 0.5) is 0 Å².